The Morgan fingerprint density at radius 2 is 2.03 bits per heavy atom. The molecule has 1 unspecified atom stereocenters. The number of rotatable bonds is 10. The van der Waals surface area contributed by atoms with Gasteiger partial charge in [0, 0.05) is 5.02 Å². The van der Waals surface area contributed by atoms with Crippen LogP contribution < -0.4 is 14.4 Å². The lowest BCUT2D eigenvalue weighted by molar-refractivity contribution is -0.117. The molecule has 0 saturated carbocycles. The number of ketones is 1. The van der Waals surface area contributed by atoms with Gasteiger partial charge in [0.2, 0.25) is 5.78 Å². The number of ether oxygens (including phenoxy) is 2. The van der Waals surface area contributed by atoms with Gasteiger partial charge in [-0.15, -0.1) is 0 Å². The molecule has 2 aromatic carbocycles. The van der Waals surface area contributed by atoms with Crippen molar-refractivity contribution < 1.29 is 28.6 Å². The number of anilines is 1. The second kappa shape index (κ2) is 10.9. The Labute approximate surface area is 228 Å². The first-order chi connectivity index (χ1) is 18.4. The molecular weight excluding hydrogens is 528 g/mol. The number of carbonyl (C=O) groups is 2. The number of carbonyl (C=O) groups excluding carboxylic acids is 2. The monoisotopic (exact) mass is 552 g/mol. The van der Waals surface area contributed by atoms with Crippen LogP contribution in [-0.2, 0) is 4.79 Å². The summed E-state index contributed by atoms with van der Waals surface area (Å²) in [5, 5.41) is 11.8. The maximum atomic E-state index is 13.5. The number of Topliss-reactive ketones (excluding diaryl/α,β-unsaturated/α-hetero) is 1. The van der Waals surface area contributed by atoms with Gasteiger partial charge >= 0.3 is 0 Å². The van der Waals surface area contributed by atoms with Crippen LogP contribution >= 0.6 is 22.9 Å². The molecule has 1 amide bonds. The van der Waals surface area contributed by atoms with Crippen molar-refractivity contribution in [1.82, 2.24) is 4.98 Å². The van der Waals surface area contributed by atoms with Crippen LogP contribution in [0.1, 0.15) is 48.3 Å². The van der Waals surface area contributed by atoms with Crippen molar-refractivity contribution in [3.8, 4) is 11.5 Å². The predicted octanol–water partition coefficient (Wildman–Crippen LogP) is 6.90. The zero-order valence-electron chi connectivity index (χ0n) is 20.8. The van der Waals surface area contributed by atoms with Crippen LogP contribution in [0.5, 0.6) is 11.5 Å². The topological polar surface area (TPSA) is 102 Å². The number of unbranched alkanes of at least 4 members (excludes halogenated alkanes) is 2. The van der Waals surface area contributed by atoms with E-state index in [0.717, 1.165) is 24.0 Å². The van der Waals surface area contributed by atoms with Gasteiger partial charge in [-0.3, -0.25) is 14.5 Å². The van der Waals surface area contributed by atoms with Crippen LogP contribution in [0, 0.1) is 0 Å². The van der Waals surface area contributed by atoms with E-state index in [0.29, 0.717) is 39.3 Å². The number of aliphatic hydroxyl groups is 1. The van der Waals surface area contributed by atoms with Crippen molar-refractivity contribution in [2.45, 2.75) is 32.2 Å². The number of hydrogen-bond acceptors (Lipinski definition) is 8. The van der Waals surface area contributed by atoms with E-state index < -0.39 is 23.5 Å². The lowest BCUT2D eigenvalue weighted by Crippen LogP contribution is -2.31. The minimum absolute atomic E-state index is 0.00474. The number of amides is 1. The minimum Gasteiger partial charge on any atom is -0.503 e. The number of aromatic nitrogens is 1. The van der Waals surface area contributed by atoms with Gasteiger partial charge in [-0.05, 0) is 54.4 Å². The fraction of sp³-hybridized carbons (Fsp3) is 0.250. The predicted molar refractivity (Wildman–Crippen MR) is 146 cm³/mol. The van der Waals surface area contributed by atoms with E-state index in [1.165, 1.54) is 35.7 Å². The maximum Gasteiger partial charge on any atom is 0.296 e. The van der Waals surface area contributed by atoms with Crippen molar-refractivity contribution >= 4 is 50.0 Å². The molecule has 1 N–H and O–H groups in total. The van der Waals surface area contributed by atoms with E-state index in [9.17, 15) is 14.7 Å². The number of hydrogen-bond donors (Lipinski definition) is 1. The molecule has 4 aromatic rings. The highest BCUT2D eigenvalue weighted by Gasteiger charge is 2.46. The summed E-state index contributed by atoms with van der Waals surface area (Å²) in [7, 11) is 1.52. The summed E-state index contributed by atoms with van der Waals surface area (Å²) in [4.78, 5) is 32.9. The highest BCUT2D eigenvalue weighted by molar-refractivity contribution is 7.22. The Hall–Kier alpha value is -3.82. The molecule has 0 saturated heterocycles. The average molecular weight is 553 g/mol. The van der Waals surface area contributed by atoms with Crippen LogP contribution in [0.25, 0.3) is 10.2 Å². The van der Waals surface area contributed by atoms with Crippen LogP contribution in [0.15, 0.2) is 70.5 Å². The molecule has 0 aliphatic carbocycles. The van der Waals surface area contributed by atoms with Crippen LogP contribution in [0.3, 0.4) is 0 Å². The fourth-order valence-corrected chi connectivity index (χ4v) is 5.66. The minimum atomic E-state index is -0.987. The number of benzene rings is 2. The fourth-order valence-electron chi connectivity index (χ4n) is 4.39. The summed E-state index contributed by atoms with van der Waals surface area (Å²) in [6.45, 7) is 2.66. The molecule has 1 aliphatic heterocycles. The van der Waals surface area contributed by atoms with Crippen molar-refractivity contribution in [1.29, 1.82) is 0 Å². The summed E-state index contributed by atoms with van der Waals surface area (Å²) in [5.41, 5.74) is 1.06. The van der Waals surface area contributed by atoms with Crippen molar-refractivity contribution in [2.24, 2.45) is 0 Å². The second-order valence-electron chi connectivity index (χ2n) is 8.72. The molecule has 3 heterocycles. The van der Waals surface area contributed by atoms with Crippen molar-refractivity contribution in [3.05, 3.63) is 82.5 Å². The molecule has 1 aliphatic rings. The highest BCUT2D eigenvalue weighted by Crippen LogP contribution is 2.46. The number of fused-ring (bicyclic) bond motifs is 1. The summed E-state index contributed by atoms with van der Waals surface area (Å²) in [6, 6.07) is 12.5. The molecule has 8 nitrogen and oxygen atoms in total. The lowest BCUT2D eigenvalue weighted by Gasteiger charge is -2.25. The van der Waals surface area contributed by atoms with Gasteiger partial charge in [-0.2, -0.15) is 0 Å². The standard InChI is InChI=1S/C28H25ClN2O6S/c1-3-4-5-12-36-19-11-8-16(14-21(19)35-2)24-23(25(32)20-7-6-13-37-20)26(33)27(34)31(24)28-30-18-10-9-17(29)15-22(18)38-28/h6-11,13-15,24,33H,3-5,12H2,1-2H3. The Kier molecular flexibility index (Phi) is 7.40. The normalized spacial score (nSPS) is 15.5. The number of halogens is 1. The quantitative estimate of drug-likeness (QED) is 0.168. The third-order valence-corrected chi connectivity index (χ3v) is 7.50. The molecule has 5 rings (SSSR count). The van der Waals surface area contributed by atoms with E-state index in [2.05, 4.69) is 11.9 Å². The first-order valence-corrected chi connectivity index (χ1v) is 13.3. The number of aliphatic hydroxyl groups excluding tert-OH is 1. The Balaban J connectivity index is 1.60. The van der Waals surface area contributed by atoms with Crippen LogP contribution in [-0.4, -0.2) is 35.5 Å². The van der Waals surface area contributed by atoms with E-state index in [4.69, 9.17) is 25.5 Å². The molecule has 1 atom stereocenters. The molecule has 0 spiro atoms. The molecule has 0 radical (unpaired) electrons. The summed E-state index contributed by atoms with van der Waals surface area (Å²) in [6.07, 6.45) is 4.40. The average Bonchev–Trinajstić information content (AvgIpc) is 3.65. The Morgan fingerprint density at radius 3 is 2.76 bits per heavy atom. The zero-order chi connectivity index (χ0) is 26.8. The third kappa shape index (κ3) is 4.75. The number of methoxy groups -OCH3 is 1. The smallest absolute Gasteiger partial charge is 0.296 e. The van der Waals surface area contributed by atoms with Gasteiger partial charge in [0.1, 0.15) is 0 Å². The first kappa shape index (κ1) is 25.8. The number of thiazole rings is 1. The van der Waals surface area contributed by atoms with E-state index >= 15 is 0 Å². The molecule has 38 heavy (non-hydrogen) atoms. The van der Waals surface area contributed by atoms with E-state index in [1.54, 1.807) is 42.5 Å². The number of nitrogens with zero attached hydrogens (tertiary/aromatic N) is 2. The molecule has 10 heteroatoms. The van der Waals surface area contributed by atoms with Gasteiger partial charge in [0.15, 0.2) is 28.1 Å². The summed E-state index contributed by atoms with van der Waals surface area (Å²) < 4.78 is 17.6. The SMILES string of the molecule is CCCCCOc1ccc(C2C(C(=O)c3ccco3)=C(O)C(=O)N2c2nc3ccc(Cl)cc3s2)cc1OC. The largest absolute Gasteiger partial charge is 0.503 e. The number of furan rings is 1. The lowest BCUT2D eigenvalue weighted by atomic mass is 9.95. The van der Waals surface area contributed by atoms with Gasteiger partial charge in [0.05, 0.1) is 41.8 Å². The van der Waals surface area contributed by atoms with Crippen molar-refractivity contribution in [2.75, 3.05) is 18.6 Å². The first-order valence-electron chi connectivity index (χ1n) is 12.1. The van der Waals surface area contributed by atoms with Crippen LogP contribution in [0.2, 0.25) is 5.02 Å². The van der Waals surface area contributed by atoms with E-state index in [-0.39, 0.29) is 11.3 Å². The molecule has 0 fully saturated rings. The summed E-state index contributed by atoms with van der Waals surface area (Å²) in [5.74, 6) is -1.01. The van der Waals surface area contributed by atoms with Crippen LogP contribution in [0.4, 0.5) is 5.13 Å². The summed E-state index contributed by atoms with van der Waals surface area (Å²) >= 11 is 7.39. The highest BCUT2D eigenvalue weighted by atomic mass is 35.5. The Morgan fingerprint density at radius 1 is 1.18 bits per heavy atom. The molecule has 196 valence electrons. The van der Waals surface area contributed by atoms with Gasteiger partial charge < -0.3 is 19.0 Å². The molecule has 0 bridgehead atoms. The molecule has 2 aromatic heterocycles. The maximum absolute atomic E-state index is 13.5. The zero-order valence-corrected chi connectivity index (χ0v) is 22.3. The Bertz CT molecular complexity index is 1530. The van der Waals surface area contributed by atoms with Gasteiger partial charge in [-0.25, -0.2) is 4.98 Å². The third-order valence-electron chi connectivity index (χ3n) is 6.25. The van der Waals surface area contributed by atoms with E-state index in [1.807, 2.05) is 0 Å². The van der Waals surface area contributed by atoms with Gasteiger partial charge in [0.25, 0.3) is 5.91 Å². The van der Waals surface area contributed by atoms with Crippen molar-refractivity contribution in [3.63, 3.8) is 0 Å². The van der Waals surface area contributed by atoms with Gasteiger partial charge in [-0.1, -0.05) is 48.8 Å². The second-order valence-corrected chi connectivity index (χ2v) is 10.2. The molecular formula is C28H25ClN2O6S.